The SMILES string of the molecule is COC(=O)c1c(C(=O)OC)c1=NC1CCCCC1. The minimum atomic E-state index is -0.509. The summed E-state index contributed by atoms with van der Waals surface area (Å²) in [6, 6.07) is 0.218. The average Bonchev–Trinajstić information content (AvgIpc) is 3.12. The topological polar surface area (TPSA) is 65.0 Å². The molecule has 2 rings (SSSR count). The summed E-state index contributed by atoms with van der Waals surface area (Å²) in [4.78, 5) is 27.5. The van der Waals surface area contributed by atoms with Crippen molar-refractivity contribution in [3.63, 3.8) is 0 Å². The van der Waals surface area contributed by atoms with Gasteiger partial charge in [-0.2, -0.15) is 0 Å². The molecule has 0 atom stereocenters. The number of carbonyl (C=O) groups is 2. The fourth-order valence-corrected chi connectivity index (χ4v) is 2.30. The molecule has 5 nitrogen and oxygen atoms in total. The minimum Gasteiger partial charge on any atom is -0.465 e. The van der Waals surface area contributed by atoms with Gasteiger partial charge in [0.1, 0.15) is 11.1 Å². The lowest BCUT2D eigenvalue weighted by atomic mass is 9.96. The molecule has 0 unspecified atom stereocenters. The van der Waals surface area contributed by atoms with Gasteiger partial charge in [0.2, 0.25) is 0 Å². The molecule has 0 bridgehead atoms. The van der Waals surface area contributed by atoms with Crippen LogP contribution in [-0.4, -0.2) is 32.2 Å². The molecule has 5 heteroatoms. The van der Waals surface area contributed by atoms with E-state index in [1.165, 1.54) is 20.6 Å². The molecule has 0 aromatic heterocycles. The van der Waals surface area contributed by atoms with Crippen LogP contribution in [0, 0.1) is 0 Å². The standard InChI is InChI=1S/C13H17NO4/c1-17-12(15)9-10(13(16)18-2)11(9)14-8-6-4-3-5-7-8/h8H,3-7H2,1-2H3. The molecule has 0 aliphatic heterocycles. The van der Waals surface area contributed by atoms with Crippen LogP contribution in [0.15, 0.2) is 4.99 Å². The molecule has 18 heavy (non-hydrogen) atoms. The maximum absolute atomic E-state index is 11.5. The maximum atomic E-state index is 11.5. The average molecular weight is 251 g/mol. The molecule has 1 saturated carbocycles. The van der Waals surface area contributed by atoms with Gasteiger partial charge >= 0.3 is 11.9 Å². The quantitative estimate of drug-likeness (QED) is 0.761. The molecular formula is C13H17NO4. The first kappa shape index (κ1) is 12.8. The van der Waals surface area contributed by atoms with E-state index >= 15 is 0 Å². The first-order chi connectivity index (χ1) is 8.69. The van der Waals surface area contributed by atoms with Crippen LogP contribution in [0.5, 0.6) is 0 Å². The third kappa shape index (κ3) is 2.44. The molecule has 1 aromatic carbocycles. The van der Waals surface area contributed by atoms with Crippen molar-refractivity contribution in [2.24, 2.45) is 4.99 Å². The van der Waals surface area contributed by atoms with E-state index < -0.39 is 11.9 Å². The van der Waals surface area contributed by atoms with E-state index in [0.717, 1.165) is 25.7 Å². The highest BCUT2D eigenvalue weighted by molar-refractivity contribution is 6.09. The Bertz CT molecular complexity index is 445. The molecule has 0 heterocycles. The first-order valence-corrected chi connectivity index (χ1v) is 6.18. The highest BCUT2D eigenvalue weighted by Gasteiger charge is 2.34. The Hall–Kier alpha value is -1.65. The van der Waals surface area contributed by atoms with Crippen LogP contribution in [0.3, 0.4) is 0 Å². The van der Waals surface area contributed by atoms with E-state index in [9.17, 15) is 9.59 Å². The Kier molecular flexibility index (Phi) is 3.79. The van der Waals surface area contributed by atoms with Crippen molar-refractivity contribution in [2.75, 3.05) is 14.2 Å². The number of rotatable bonds is 3. The number of carbonyl (C=O) groups excluding carboxylic acids is 2. The van der Waals surface area contributed by atoms with Gasteiger partial charge < -0.3 is 9.47 Å². The van der Waals surface area contributed by atoms with E-state index in [1.54, 1.807) is 0 Å². The molecule has 1 fully saturated rings. The summed E-state index contributed by atoms with van der Waals surface area (Å²) in [6.45, 7) is 0. The van der Waals surface area contributed by atoms with Gasteiger partial charge in [0.15, 0.2) is 0 Å². The van der Waals surface area contributed by atoms with Crippen LogP contribution in [0.2, 0.25) is 0 Å². The summed E-state index contributed by atoms with van der Waals surface area (Å²) >= 11 is 0. The maximum Gasteiger partial charge on any atom is 0.341 e. The molecule has 0 spiro atoms. The van der Waals surface area contributed by atoms with E-state index in [1.807, 2.05) is 0 Å². The van der Waals surface area contributed by atoms with E-state index in [4.69, 9.17) is 0 Å². The molecule has 1 aromatic rings. The number of ether oxygens (including phenoxy) is 2. The smallest absolute Gasteiger partial charge is 0.341 e. The van der Waals surface area contributed by atoms with Gasteiger partial charge in [0.25, 0.3) is 0 Å². The Labute approximate surface area is 105 Å². The van der Waals surface area contributed by atoms with Crippen LogP contribution >= 0.6 is 0 Å². The summed E-state index contributed by atoms with van der Waals surface area (Å²) in [5, 5.41) is 0.487. The Morgan fingerprint density at radius 3 is 1.94 bits per heavy atom. The zero-order valence-corrected chi connectivity index (χ0v) is 10.7. The molecule has 0 amide bonds. The Morgan fingerprint density at radius 2 is 1.50 bits per heavy atom. The zero-order valence-electron chi connectivity index (χ0n) is 10.7. The summed E-state index contributed by atoms with van der Waals surface area (Å²) in [5.74, 6) is -1.02. The van der Waals surface area contributed by atoms with Crippen molar-refractivity contribution in [3.8, 4) is 0 Å². The van der Waals surface area contributed by atoms with Crippen molar-refractivity contribution in [1.29, 1.82) is 0 Å². The van der Waals surface area contributed by atoms with Crippen LogP contribution in [0.4, 0.5) is 0 Å². The van der Waals surface area contributed by atoms with Gasteiger partial charge in [-0.1, -0.05) is 19.3 Å². The van der Waals surface area contributed by atoms with Crippen molar-refractivity contribution in [2.45, 2.75) is 38.1 Å². The normalized spacial score (nSPS) is 16.6. The lowest BCUT2D eigenvalue weighted by Crippen LogP contribution is -2.13. The van der Waals surface area contributed by atoms with Gasteiger partial charge in [-0.3, -0.25) is 4.99 Å². The van der Waals surface area contributed by atoms with Gasteiger partial charge in [-0.05, 0) is 12.8 Å². The zero-order chi connectivity index (χ0) is 13.1. The monoisotopic (exact) mass is 251 g/mol. The molecular weight excluding hydrogens is 234 g/mol. The number of hydrogen-bond donors (Lipinski definition) is 0. The van der Waals surface area contributed by atoms with Gasteiger partial charge in [0, 0.05) is 0 Å². The predicted molar refractivity (Wildman–Crippen MR) is 63.9 cm³/mol. The van der Waals surface area contributed by atoms with Crippen LogP contribution in [0.1, 0.15) is 52.8 Å². The fourth-order valence-electron chi connectivity index (χ4n) is 2.30. The van der Waals surface area contributed by atoms with E-state index in [0.29, 0.717) is 5.36 Å². The van der Waals surface area contributed by atoms with E-state index in [-0.39, 0.29) is 17.2 Å². The Balaban J connectivity index is 2.23. The second kappa shape index (κ2) is 5.33. The van der Waals surface area contributed by atoms with Crippen molar-refractivity contribution >= 4 is 11.9 Å². The van der Waals surface area contributed by atoms with Crippen molar-refractivity contribution in [1.82, 2.24) is 0 Å². The highest BCUT2D eigenvalue weighted by atomic mass is 16.5. The Morgan fingerprint density at radius 1 is 1.00 bits per heavy atom. The number of esters is 2. The summed E-state index contributed by atoms with van der Waals surface area (Å²) in [5.41, 5.74) is 0.574. The second-order valence-electron chi connectivity index (χ2n) is 4.50. The fraction of sp³-hybridized carbons (Fsp3) is 0.615. The molecule has 1 aliphatic rings. The molecule has 0 saturated heterocycles. The number of methoxy groups -OCH3 is 2. The molecule has 0 N–H and O–H groups in total. The van der Waals surface area contributed by atoms with Crippen LogP contribution in [0.25, 0.3) is 0 Å². The largest absolute Gasteiger partial charge is 0.465 e. The molecule has 0 radical (unpaired) electrons. The number of nitrogens with zero attached hydrogens (tertiary/aromatic N) is 1. The lowest BCUT2D eigenvalue weighted by molar-refractivity contribution is 0.0570. The van der Waals surface area contributed by atoms with Crippen LogP contribution < -0.4 is 5.36 Å². The molecule has 1 aliphatic carbocycles. The summed E-state index contributed by atoms with van der Waals surface area (Å²) in [7, 11) is 2.58. The third-order valence-corrected chi connectivity index (χ3v) is 3.33. The van der Waals surface area contributed by atoms with Gasteiger partial charge in [0.05, 0.1) is 25.6 Å². The van der Waals surface area contributed by atoms with E-state index in [2.05, 4.69) is 14.5 Å². The molecule has 98 valence electrons. The minimum absolute atomic E-state index is 0.218. The summed E-state index contributed by atoms with van der Waals surface area (Å²) < 4.78 is 9.27. The van der Waals surface area contributed by atoms with Crippen LogP contribution in [-0.2, 0) is 9.47 Å². The summed E-state index contributed by atoms with van der Waals surface area (Å²) in [6.07, 6.45) is 5.59. The third-order valence-electron chi connectivity index (χ3n) is 3.33. The second-order valence-corrected chi connectivity index (χ2v) is 4.50. The van der Waals surface area contributed by atoms with Gasteiger partial charge in [-0.15, -0.1) is 0 Å². The predicted octanol–water partition coefficient (Wildman–Crippen LogP) is 1.37. The highest BCUT2D eigenvalue weighted by Crippen LogP contribution is 2.21. The first-order valence-electron chi connectivity index (χ1n) is 6.18. The van der Waals surface area contributed by atoms with Gasteiger partial charge in [-0.25, -0.2) is 9.59 Å². The number of hydrogen-bond acceptors (Lipinski definition) is 5. The lowest BCUT2D eigenvalue weighted by Gasteiger charge is -2.16. The van der Waals surface area contributed by atoms with Crippen molar-refractivity contribution in [3.05, 3.63) is 16.5 Å². The van der Waals surface area contributed by atoms with Crippen molar-refractivity contribution < 1.29 is 19.1 Å².